The van der Waals surface area contributed by atoms with Crippen molar-refractivity contribution in [2.75, 3.05) is 5.32 Å². The number of rotatable bonds is 3. The third-order valence-corrected chi connectivity index (χ3v) is 4.48. The minimum atomic E-state index is -0.0497. The van der Waals surface area contributed by atoms with Crippen LogP contribution in [-0.4, -0.2) is 5.91 Å². The number of thiophene rings is 1. The maximum absolute atomic E-state index is 12.2. The summed E-state index contributed by atoms with van der Waals surface area (Å²) in [6.07, 6.45) is 0. The molecular formula is C14H14BrNOS. The van der Waals surface area contributed by atoms with Crippen molar-refractivity contribution in [1.82, 2.24) is 0 Å². The van der Waals surface area contributed by atoms with Crippen LogP contribution < -0.4 is 5.32 Å². The van der Waals surface area contributed by atoms with Gasteiger partial charge in [-0.1, -0.05) is 34.1 Å². The van der Waals surface area contributed by atoms with Crippen LogP contribution in [0.3, 0.4) is 0 Å². The first-order valence-electron chi connectivity index (χ1n) is 5.64. The van der Waals surface area contributed by atoms with Crippen molar-refractivity contribution in [1.29, 1.82) is 0 Å². The van der Waals surface area contributed by atoms with E-state index in [0.717, 1.165) is 16.1 Å². The van der Waals surface area contributed by atoms with Crippen molar-refractivity contribution in [2.45, 2.75) is 19.2 Å². The van der Waals surface area contributed by atoms with E-state index in [-0.39, 0.29) is 5.91 Å². The molecule has 0 saturated heterocycles. The number of benzene rings is 1. The highest BCUT2D eigenvalue weighted by molar-refractivity contribution is 9.08. The van der Waals surface area contributed by atoms with E-state index in [4.69, 9.17) is 0 Å². The molecule has 0 aliphatic carbocycles. The van der Waals surface area contributed by atoms with E-state index in [9.17, 15) is 4.79 Å². The first kappa shape index (κ1) is 13.3. The smallest absolute Gasteiger partial charge is 0.256 e. The average molecular weight is 324 g/mol. The fourth-order valence-corrected chi connectivity index (χ4v) is 3.09. The molecule has 0 bridgehead atoms. The molecule has 0 aliphatic heterocycles. The average Bonchev–Trinajstić information content (AvgIpc) is 2.68. The van der Waals surface area contributed by atoms with Crippen LogP contribution in [0.1, 0.15) is 26.4 Å². The summed E-state index contributed by atoms with van der Waals surface area (Å²) >= 11 is 5.01. The van der Waals surface area contributed by atoms with E-state index in [1.807, 2.05) is 37.3 Å². The van der Waals surface area contributed by atoms with Gasteiger partial charge in [0.1, 0.15) is 0 Å². The Morgan fingerprint density at radius 3 is 2.67 bits per heavy atom. The van der Waals surface area contributed by atoms with Gasteiger partial charge in [-0.15, -0.1) is 11.3 Å². The van der Waals surface area contributed by atoms with E-state index in [0.29, 0.717) is 5.33 Å². The molecule has 2 rings (SSSR count). The second kappa shape index (κ2) is 5.67. The molecule has 2 nitrogen and oxygen atoms in total. The third kappa shape index (κ3) is 2.82. The molecule has 0 fully saturated rings. The summed E-state index contributed by atoms with van der Waals surface area (Å²) in [5.41, 5.74) is 2.93. The van der Waals surface area contributed by atoms with Crippen molar-refractivity contribution in [3.05, 3.63) is 51.9 Å². The van der Waals surface area contributed by atoms with Gasteiger partial charge in [0.25, 0.3) is 5.91 Å². The van der Waals surface area contributed by atoms with Crippen molar-refractivity contribution >= 4 is 38.2 Å². The van der Waals surface area contributed by atoms with Gasteiger partial charge in [0.15, 0.2) is 0 Å². The molecule has 18 heavy (non-hydrogen) atoms. The number of nitrogens with one attached hydrogen (secondary N) is 1. The molecule has 0 aliphatic rings. The molecule has 1 heterocycles. The number of amides is 1. The van der Waals surface area contributed by atoms with E-state index in [1.54, 1.807) is 11.3 Å². The lowest BCUT2D eigenvalue weighted by atomic mass is 10.1. The maximum atomic E-state index is 12.2. The van der Waals surface area contributed by atoms with E-state index < -0.39 is 0 Å². The molecule has 0 atom stereocenters. The largest absolute Gasteiger partial charge is 0.314 e. The number of anilines is 1. The molecule has 1 aromatic heterocycles. The lowest BCUT2D eigenvalue weighted by Crippen LogP contribution is -2.12. The van der Waals surface area contributed by atoms with Crippen LogP contribution in [0.25, 0.3) is 0 Å². The second-order valence-corrected chi connectivity index (χ2v) is 5.91. The summed E-state index contributed by atoms with van der Waals surface area (Å²) in [5, 5.41) is 4.54. The fourth-order valence-electron chi connectivity index (χ4n) is 1.67. The number of carbonyl (C=O) groups excluding carboxylic acids is 1. The van der Waals surface area contributed by atoms with E-state index >= 15 is 0 Å². The van der Waals surface area contributed by atoms with Crippen molar-refractivity contribution < 1.29 is 4.79 Å². The Balaban J connectivity index is 2.22. The van der Waals surface area contributed by atoms with Gasteiger partial charge in [0.05, 0.1) is 5.00 Å². The normalized spacial score (nSPS) is 10.4. The summed E-state index contributed by atoms with van der Waals surface area (Å²) < 4.78 is 0. The molecular weight excluding hydrogens is 310 g/mol. The quantitative estimate of drug-likeness (QED) is 0.827. The summed E-state index contributed by atoms with van der Waals surface area (Å²) in [4.78, 5) is 13.4. The minimum absolute atomic E-state index is 0.0497. The summed E-state index contributed by atoms with van der Waals surface area (Å²) in [6, 6.07) is 9.63. The predicted molar refractivity (Wildman–Crippen MR) is 80.8 cm³/mol. The number of aryl methyl sites for hydroxylation is 2. The van der Waals surface area contributed by atoms with Crippen LogP contribution in [0.15, 0.2) is 30.3 Å². The monoisotopic (exact) mass is 323 g/mol. The predicted octanol–water partition coefficient (Wildman–Crippen LogP) is 4.51. The molecule has 4 heteroatoms. The molecule has 0 spiro atoms. The van der Waals surface area contributed by atoms with Gasteiger partial charge < -0.3 is 5.32 Å². The van der Waals surface area contributed by atoms with Gasteiger partial charge in [-0.2, -0.15) is 0 Å². The first-order chi connectivity index (χ1) is 8.61. The number of alkyl halides is 1. The van der Waals surface area contributed by atoms with Crippen molar-refractivity contribution in [3.8, 4) is 0 Å². The fraction of sp³-hybridized carbons (Fsp3) is 0.214. The zero-order valence-corrected chi connectivity index (χ0v) is 12.7. The van der Waals surface area contributed by atoms with Gasteiger partial charge in [-0.25, -0.2) is 0 Å². The van der Waals surface area contributed by atoms with Gasteiger partial charge in [0, 0.05) is 15.8 Å². The molecule has 1 amide bonds. The third-order valence-electron chi connectivity index (χ3n) is 2.81. The van der Waals surface area contributed by atoms with Crippen LogP contribution in [0.4, 0.5) is 5.00 Å². The molecule has 0 saturated carbocycles. The van der Waals surface area contributed by atoms with Crippen molar-refractivity contribution in [3.63, 3.8) is 0 Å². The molecule has 1 N–H and O–H groups in total. The van der Waals surface area contributed by atoms with Crippen LogP contribution in [-0.2, 0) is 5.33 Å². The second-order valence-electron chi connectivity index (χ2n) is 4.09. The SMILES string of the molecule is Cc1cc(NC(=O)c2ccccc2CBr)sc1C. The summed E-state index contributed by atoms with van der Waals surface area (Å²) in [5.74, 6) is -0.0497. The number of carbonyl (C=O) groups is 1. The molecule has 0 unspecified atom stereocenters. The highest BCUT2D eigenvalue weighted by Gasteiger charge is 2.11. The van der Waals surface area contributed by atoms with Gasteiger partial charge in [0.2, 0.25) is 0 Å². The Morgan fingerprint density at radius 1 is 1.33 bits per heavy atom. The standard InChI is InChI=1S/C14H14BrNOS/c1-9-7-13(18-10(9)2)16-14(17)12-6-4-3-5-11(12)8-15/h3-7H,8H2,1-2H3,(H,16,17). The Labute approximate surface area is 119 Å². The zero-order valence-electron chi connectivity index (χ0n) is 10.3. The number of halogens is 1. The first-order valence-corrected chi connectivity index (χ1v) is 7.58. The van der Waals surface area contributed by atoms with E-state index in [2.05, 4.69) is 28.2 Å². The van der Waals surface area contributed by atoms with Crippen LogP contribution in [0.2, 0.25) is 0 Å². The zero-order chi connectivity index (χ0) is 13.1. The molecule has 2 aromatic rings. The number of hydrogen-bond acceptors (Lipinski definition) is 2. The molecule has 0 radical (unpaired) electrons. The number of hydrogen-bond donors (Lipinski definition) is 1. The van der Waals surface area contributed by atoms with E-state index in [1.165, 1.54) is 10.4 Å². The summed E-state index contributed by atoms with van der Waals surface area (Å²) in [6.45, 7) is 4.11. The van der Waals surface area contributed by atoms with Crippen LogP contribution in [0, 0.1) is 13.8 Å². The summed E-state index contributed by atoms with van der Waals surface area (Å²) in [7, 11) is 0. The molecule has 94 valence electrons. The molecule has 1 aromatic carbocycles. The Morgan fingerprint density at radius 2 is 2.06 bits per heavy atom. The van der Waals surface area contributed by atoms with Gasteiger partial charge >= 0.3 is 0 Å². The van der Waals surface area contributed by atoms with Crippen LogP contribution in [0.5, 0.6) is 0 Å². The highest BCUT2D eigenvalue weighted by Crippen LogP contribution is 2.26. The highest BCUT2D eigenvalue weighted by atomic mass is 79.9. The lowest BCUT2D eigenvalue weighted by Gasteiger charge is -2.06. The Hall–Kier alpha value is -1.13. The van der Waals surface area contributed by atoms with Crippen molar-refractivity contribution in [2.24, 2.45) is 0 Å². The Bertz CT molecular complexity index is 557. The minimum Gasteiger partial charge on any atom is -0.314 e. The lowest BCUT2D eigenvalue weighted by molar-refractivity contribution is 0.102. The van der Waals surface area contributed by atoms with Crippen LogP contribution >= 0.6 is 27.3 Å². The Kier molecular flexibility index (Phi) is 4.19. The van der Waals surface area contributed by atoms with Gasteiger partial charge in [-0.3, -0.25) is 4.79 Å². The van der Waals surface area contributed by atoms with Gasteiger partial charge in [-0.05, 0) is 37.1 Å². The topological polar surface area (TPSA) is 29.1 Å². The maximum Gasteiger partial charge on any atom is 0.256 e.